The summed E-state index contributed by atoms with van der Waals surface area (Å²) in [6.45, 7) is 9.54. The van der Waals surface area contributed by atoms with Gasteiger partial charge in [-0.25, -0.2) is 9.59 Å². The van der Waals surface area contributed by atoms with Crippen LogP contribution in [0.15, 0.2) is 24.3 Å². The average Bonchev–Trinajstić information content (AvgIpc) is 2.71. The zero-order chi connectivity index (χ0) is 25.1. The van der Waals surface area contributed by atoms with Gasteiger partial charge in [0.1, 0.15) is 26.4 Å². The van der Waals surface area contributed by atoms with Crippen molar-refractivity contribution in [1.82, 2.24) is 0 Å². The Morgan fingerprint density at radius 1 is 0.656 bits per heavy atom. The Morgan fingerprint density at radius 3 is 1.31 bits per heavy atom. The summed E-state index contributed by atoms with van der Waals surface area (Å²) in [7, 11) is 0. The maximum absolute atomic E-state index is 10.9. The van der Waals surface area contributed by atoms with Crippen molar-refractivity contribution in [2.24, 2.45) is 0 Å². The highest BCUT2D eigenvalue weighted by molar-refractivity contribution is 6.63. The largest absolute Gasteiger partial charge is 0.481 e. The SMILES string of the molecule is C=C(C)C(=O)OCCOC(=O)CCC(=O)Cl.C=C(C)C(=O)OCCOC(=O)CCC(=O)O. The van der Waals surface area contributed by atoms with Gasteiger partial charge < -0.3 is 24.1 Å². The first-order valence-corrected chi connectivity index (χ1v) is 9.61. The molecule has 12 heteroatoms. The monoisotopic (exact) mass is 478 g/mol. The molecule has 0 saturated heterocycles. The molecule has 0 radical (unpaired) electrons. The first kappa shape index (κ1) is 31.0. The van der Waals surface area contributed by atoms with Gasteiger partial charge in [0, 0.05) is 17.6 Å². The minimum Gasteiger partial charge on any atom is -0.481 e. The predicted molar refractivity (Wildman–Crippen MR) is 110 cm³/mol. The highest BCUT2D eigenvalue weighted by Crippen LogP contribution is 1.98. The van der Waals surface area contributed by atoms with Crippen LogP contribution in [0, 0.1) is 0 Å². The second-order valence-electron chi connectivity index (χ2n) is 6.02. The number of hydrogen-bond donors (Lipinski definition) is 1. The minimum atomic E-state index is -1.06. The highest BCUT2D eigenvalue weighted by atomic mass is 35.5. The molecule has 0 aliphatic carbocycles. The Labute approximate surface area is 190 Å². The van der Waals surface area contributed by atoms with Gasteiger partial charge in [0.2, 0.25) is 5.24 Å². The second kappa shape index (κ2) is 18.6. The van der Waals surface area contributed by atoms with E-state index in [2.05, 4.69) is 32.1 Å². The molecule has 180 valence electrons. The van der Waals surface area contributed by atoms with Gasteiger partial charge in [-0.15, -0.1) is 0 Å². The average molecular weight is 479 g/mol. The first-order chi connectivity index (χ1) is 14.9. The minimum absolute atomic E-state index is 0.0355. The number of carboxylic acid groups (broad SMARTS) is 1. The molecule has 0 bridgehead atoms. The third kappa shape index (κ3) is 21.5. The van der Waals surface area contributed by atoms with Crippen molar-refractivity contribution in [2.75, 3.05) is 26.4 Å². The molecule has 0 aliphatic heterocycles. The van der Waals surface area contributed by atoms with Crippen LogP contribution in [-0.2, 0) is 47.7 Å². The van der Waals surface area contributed by atoms with Crippen LogP contribution in [0.2, 0.25) is 0 Å². The maximum Gasteiger partial charge on any atom is 0.333 e. The molecule has 0 aliphatic rings. The van der Waals surface area contributed by atoms with E-state index in [0.29, 0.717) is 0 Å². The lowest BCUT2D eigenvalue weighted by molar-refractivity contribution is -0.151. The van der Waals surface area contributed by atoms with Crippen LogP contribution in [0.4, 0.5) is 0 Å². The number of esters is 4. The number of hydrogen-bond acceptors (Lipinski definition) is 10. The molecule has 0 heterocycles. The van der Waals surface area contributed by atoms with Crippen molar-refractivity contribution in [3.05, 3.63) is 24.3 Å². The predicted octanol–water partition coefficient (Wildman–Crippen LogP) is 1.71. The molecule has 0 spiro atoms. The highest BCUT2D eigenvalue weighted by Gasteiger charge is 2.08. The van der Waals surface area contributed by atoms with Crippen molar-refractivity contribution in [1.29, 1.82) is 0 Å². The summed E-state index contributed by atoms with van der Waals surface area (Å²) >= 11 is 5.03. The summed E-state index contributed by atoms with van der Waals surface area (Å²) < 4.78 is 18.6. The van der Waals surface area contributed by atoms with Crippen molar-refractivity contribution in [3.63, 3.8) is 0 Å². The normalized spacial score (nSPS) is 9.34. The third-order valence-electron chi connectivity index (χ3n) is 2.92. The number of carbonyl (C=O) groups is 6. The van der Waals surface area contributed by atoms with E-state index in [1.807, 2.05) is 0 Å². The van der Waals surface area contributed by atoms with E-state index in [9.17, 15) is 28.8 Å². The molecule has 0 unspecified atom stereocenters. The quantitative estimate of drug-likeness (QED) is 0.127. The van der Waals surface area contributed by atoms with E-state index < -0.39 is 35.1 Å². The standard InChI is InChI=1S/C10H13ClO5.C10H14O6/c2*1-7(2)10(14)16-6-5-15-9(13)4-3-8(11)12/h1,3-6H2,2H3;1,3-6H2,2H3,(H,11,12). The first-order valence-electron chi connectivity index (χ1n) is 9.23. The molecule has 0 amide bonds. The molecular weight excluding hydrogens is 452 g/mol. The van der Waals surface area contributed by atoms with Crippen molar-refractivity contribution in [3.8, 4) is 0 Å². The Balaban J connectivity index is 0. The van der Waals surface area contributed by atoms with Crippen LogP contribution in [-0.4, -0.2) is 66.6 Å². The number of aliphatic carboxylic acids is 1. The molecule has 0 atom stereocenters. The van der Waals surface area contributed by atoms with Gasteiger partial charge in [-0.05, 0) is 25.4 Å². The van der Waals surface area contributed by atoms with Crippen molar-refractivity contribution in [2.45, 2.75) is 39.5 Å². The fourth-order valence-electron chi connectivity index (χ4n) is 1.38. The lowest BCUT2D eigenvalue weighted by Gasteiger charge is -2.05. The summed E-state index contributed by atoms with van der Waals surface area (Å²) in [5, 5.41) is 7.69. The van der Waals surface area contributed by atoms with Crippen molar-refractivity contribution >= 4 is 46.7 Å². The van der Waals surface area contributed by atoms with Crippen LogP contribution in [0.5, 0.6) is 0 Å². The van der Waals surface area contributed by atoms with Crippen LogP contribution >= 0.6 is 11.6 Å². The van der Waals surface area contributed by atoms with E-state index in [-0.39, 0.29) is 63.3 Å². The zero-order valence-electron chi connectivity index (χ0n) is 18.0. The van der Waals surface area contributed by atoms with Gasteiger partial charge in [0.05, 0.1) is 19.3 Å². The Kier molecular flexibility index (Phi) is 18.0. The molecular formula is C20H27ClO11. The topological polar surface area (TPSA) is 160 Å². The van der Waals surface area contributed by atoms with E-state index in [1.54, 1.807) is 0 Å². The fourth-order valence-corrected chi connectivity index (χ4v) is 1.47. The van der Waals surface area contributed by atoms with Gasteiger partial charge in [-0.3, -0.25) is 19.2 Å². The molecule has 0 aromatic carbocycles. The number of carboxylic acids is 1. The van der Waals surface area contributed by atoms with Crippen LogP contribution in [0.3, 0.4) is 0 Å². The van der Waals surface area contributed by atoms with Crippen LogP contribution in [0.1, 0.15) is 39.5 Å². The summed E-state index contributed by atoms with van der Waals surface area (Å²) in [5.41, 5.74) is 0.538. The molecule has 0 fully saturated rings. The Morgan fingerprint density at radius 2 is 1.00 bits per heavy atom. The van der Waals surface area contributed by atoms with Gasteiger partial charge >= 0.3 is 29.8 Å². The number of carbonyl (C=O) groups excluding carboxylic acids is 5. The second-order valence-corrected chi connectivity index (χ2v) is 6.44. The third-order valence-corrected chi connectivity index (χ3v) is 3.11. The summed E-state index contributed by atoms with van der Waals surface area (Å²) in [6, 6.07) is 0. The number of rotatable bonds is 14. The smallest absolute Gasteiger partial charge is 0.333 e. The van der Waals surface area contributed by atoms with E-state index >= 15 is 0 Å². The van der Waals surface area contributed by atoms with Crippen LogP contribution < -0.4 is 0 Å². The summed E-state index contributed by atoms with van der Waals surface area (Å²) in [4.78, 5) is 64.0. The summed E-state index contributed by atoms with van der Waals surface area (Å²) in [6.07, 6.45) is -0.600. The molecule has 0 saturated carbocycles. The van der Waals surface area contributed by atoms with E-state index in [4.69, 9.17) is 16.7 Å². The van der Waals surface area contributed by atoms with E-state index in [0.717, 1.165) is 0 Å². The Bertz CT molecular complexity index is 652. The maximum atomic E-state index is 10.9. The van der Waals surface area contributed by atoms with Crippen LogP contribution in [0.25, 0.3) is 0 Å². The molecule has 0 aromatic rings. The molecule has 0 rings (SSSR count). The fraction of sp³-hybridized carbons (Fsp3) is 0.500. The zero-order valence-corrected chi connectivity index (χ0v) is 18.7. The van der Waals surface area contributed by atoms with Crippen molar-refractivity contribution < 1.29 is 52.8 Å². The van der Waals surface area contributed by atoms with Gasteiger partial charge in [0.15, 0.2) is 0 Å². The van der Waals surface area contributed by atoms with Gasteiger partial charge in [-0.2, -0.15) is 0 Å². The number of halogens is 1. The Hall–Kier alpha value is -3.21. The lowest BCUT2D eigenvalue weighted by atomic mass is 10.3. The van der Waals surface area contributed by atoms with E-state index in [1.165, 1.54) is 13.8 Å². The van der Waals surface area contributed by atoms with Gasteiger partial charge in [-0.1, -0.05) is 13.2 Å². The molecule has 32 heavy (non-hydrogen) atoms. The van der Waals surface area contributed by atoms with Gasteiger partial charge in [0.25, 0.3) is 0 Å². The number of ether oxygens (including phenoxy) is 4. The molecule has 11 nitrogen and oxygen atoms in total. The molecule has 1 N–H and O–H groups in total. The molecule has 0 aromatic heterocycles. The summed E-state index contributed by atoms with van der Waals surface area (Å²) in [5.74, 6) is -3.34. The lowest BCUT2D eigenvalue weighted by Crippen LogP contribution is -2.14.